The average Bonchev–Trinajstić information content (AvgIpc) is 3.03. The molecular formula is C20H26N2O5. The van der Waals surface area contributed by atoms with Crippen LogP contribution >= 0.6 is 0 Å². The minimum absolute atomic E-state index is 0.0695. The highest BCUT2D eigenvalue weighted by atomic mass is 16.5. The Morgan fingerprint density at radius 3 is 2.56 bits per heavy atom. The van der Waals surface area contributed by atoms with E-state index in [1.165, 1.54) is 7.11 Å². The third kappa shape index (κ3) is 5.57. The molecule has 2 aromatic rings. The molecule has 146 valence electrons. The van der Waals surface area contributed by atoms with Gasteiger partial charge >= 0.3 is 11.9 Å². The fourth-order valence-corrected chi connectivity index (χ4v) is 3.15. The number of methoxy groups -OCH3 is 1. The first-order chi connectivity index (χ1) is 12.8. The molecule has 0 aliphatic heterocycles. The van der Waals surface area contributed by atoms with Crippen LogP contribution in [0.1, 0.15) is 32.3 Å². The predicted octanol–water partition coefficient (Wildman–Crippen LogP) is 2.51. The van der Waals surface area contributed by atoms with Crippen molar-refractivity contribution < 1.29 is 24.2 Å². The lowest BCUT2D eigenvalue weighted by Gasteiger charge is -2.21. The standard InChI is InChI=1S/C20H26N2O5/c1-12(2)8-13(10-18(23)27-3)19(24)22-17(20(25)26)9-14-11-21-16-7-5-4-6-15(14)16/h4-7,11-13,17,21H,8-10H2,1-3H3,(H,22,24)(H,25,26)/t13?,17-/m1/s1. The maximum absolute atomic E-state index is 12.6. The van der Waals surface area contributed by atoms with Gasteiger partial charge in [-0.1, -0.05) is 32.0 Å². The summed E-state index contributed by atoms with van der Waals surface area (Å²) in [4.78, 5) is 39.1. The number of carbonyl (C=O) groups is 3. The van der Waals surface area contributed by atoms with Gasteiger partial charge in [0.05, 0.1) is 13.5 Å². The van der Waals surface area contributed by atoms with Gasteiger partial charge < -0.3 is 20.1 Å². The van der Waals surface area contributed by atoms with Gasteiger partial charge in [0.1, 0.15) is 6.04 Å². The van der Waals surface area contributed by atoms with Crippen LogP contribution in [-0.4, -0.2) is 41.1 Å². The molecule has 1 aromatic heterocycles. The second kappa shape index (κ2) is 9.21. The van der Waals surface area contributed by atoms with E-state index in [1.54, 1.807) is 6.20 Å². The summed E-state index contributed by atoms with van der Waals surface area (Å²) in [5.41, 5.74) is 1.72. The maximum Gasteiger partial charge on any atom is 0.326 e. The van der Waals surface area contributed by atoms with Gasteiger partial charge in [0, 0.05) is 29.4 Å². The van der Waals surface area contributed by atoms with Crippen LogP contribution in [0.15, 0.2) is 30.5 Å². The molecule has 0 saturated carbocycles. The van der Waals surface area contributed by atoms with Crippen LogP contribution in [0.25, 0.3) is 10.9 Å². The van der Waals surface area contributed by atoms with Crippen LogP contribution in [0.3, 0.4) is 0 Å². The third-order valence-corrected chi connectivity index (χ3v) is 4.48. The number of aromatic amines is 1. The van der Waals surface area contributed by atoms with Crippen LogP contribution in [-0.2, 0) is 25.5 Å². The number of aliphatic carboxylic acids is 1. The van der Waals surface area contributed by atoms with Gasteiger partial charge in [-0.25, -0.2) is 4.79 Å². The van der Waals surface area contributed by atoms with E-state index in [0.717, 1.165) is 16.5 Å². The zero-order valence-electron chi connectivity index (χ0n) is 15.8. The number of carbonyl (C=O) groups excluding carboxylic acids is 2. The number of hydrogen-bond donors (Lipinski definition) is 3. The molecule has 0 radical (unpaired) electrons. The minimum Gasteiger partial charge on any atom is -0.480 e. The van der Waals surface area contributed by atoms with Crippen molar-refractivity contribution in [2.24, 2.45) is 11.8 Å². The number of amides is 1. The molecule has 0 bridgehead atoms. The number of benzene rings is 1. The van der Waals surface area contributed by atoms with Gasteiger partial charge in [0.15, 0.2) is 0 Å². The Morgan fingerprint density at radius 1 is 1.22 bits per heavy atom. The number of ether oxygens (including phenoxy) is 1. The zero-order chi connectivity index (χ0) is 20.0. The van der Waals surface area contributed by atoms with Gasteiger partial charge in [-0.05, 0) is 24.0 Å². The van der Waals surface area contributed by atoms with Crippen LogP contribution in [0.4, 0.5) is 0 Å². The van der Waals surface area contributed by atoms with E-state index in [2.05, 4.69) is 15.0 Å². The number of esters is 1. The number of rotatable bonds is 9. The Hall–Kier alpha value is -2.83. The number of carboxylic acids is 1. The fourth-order valence-electron chi connectivity index (χ4n) is 3.15. The van der Waals surface area contributed by atoms with Gasteiger partial charge in [-0.2, -0.15) is 0 Å². The summed E-state index contributed by atoms with van der Waals surface area (Å²) in [5, 5.41) is 13.1. The van der Waals surface area contributed by atoms with E-state index in [1.807, 2.05) is 38.1 Å². The first-order valence-corrected chi connectivity index (χ1v) is 8.96. The second-order valence-corrected chi connectivity index (χ2v) is 7.07. The third-order valence-electron chi connectivity index (χ3n) is 4.48. The number of H-pyrrole nitrogens is 1. The van der Waals surface area contributed by atoms with Crippen molar-refractivity contribution in [3.8, 4) is 0 Å². The molecule has 0 aliphatic rings. The van der Waals surface area contributed by atoms with Gasteiger partial charge in [0.25, 0.3) is 0 Å². The van der Waals surface area contributed by atoms with E-state index in [4.69, 9.17) is 0 Å². The SMILES string of the molecule is COC(=O)CC(CC(C)C)C(=O)N[C@H](Cc1c[nH]c2ccccc12)C(=O)O. The molecule has 1 amide bonds. The van der Waals surface area contributed by atoms with Crippen molar-refractivity contribution in [3.05, 3.63) is 36.0 Å². The summed E-state index contributed by atoms with van der Waals surface area (Å²) in [5.74, 6) is -2.49. The monoisotopic (exact) mass is 374 g/mol. The second-order valence-electron chi connectivity index (χ2n) is 7.07. The van der Waals surface area contributed by atoms with Crippen molar-refractivity contribution in [2.45, 2.75) is 39.2 Å². The Balaban J connectivity index is 2.14. The molecule has 2 atom stereocenters. The van der Waals surface area contributed by atoms with Crippen molar-refractivity contribution >= 4 is 28.7 Å². The lowest BCUT2D eigenvalue weighted by Crippen LogP contribution is -2.45. The molecule has 0 fully saturated rings. The van der Waals surface area contributed by atoms with E-state index in [0.29, 0.717) is 6.42 Å². The maximum atomic E-state index is 12.6. The summed E-state index contributed by atoms with van der Waals surface area (Å²) < 4.78 is 4.66. The van der Waals surface area contributed by atoms with Crippen molar-refractivity contribution in [1.82, 2.24) is 10.3 Å². The normalized spacial score (nSPS) is 13.3. The highest BCUT2D eigenvalue weighted by molar-refractivity contribution is 5.89. The van der Waals surface area contributed by atoms with Crippen LogP contribution < -0.4 is 5.32 Å². The number of nitrogens with one attached hydrogen (secondary N) is 2. The number of fused-ring (bicyclic) bond motifs is 1. The summed E-state index contributed by atoms with van der Waals surface area (Å²) in [6.07, 6.45) is 2.31. The zero-order valence-corrected chi connectivity index (χ0v) is 15.8. The van der Waals surface area contributed by atoms with Crippen LogP contribution in [0.2, 0.25) is 0 Å². The van der Waals surface area contributed by atoms with E-state index in [-0.39, 0.29) is 18.8 Å². The molecule has 0 saturated heterocycles. The van der Waals surface area contributed by atoms with Crippen LogP contribution in [0.5, 0.6) is 0 Å². The Kier molecular flexibility index (Phi) is 6.98. The van der Waals surface area contributed by atoms with Crippen molar-refractivity contribution in [3.63, 3.8) is 0 Å². The molecule has 27 heavy (non-hydrogen) atoms. The van der Waals surface area contributed by atoms with Crippen molar-refractivity contribution in [2.75, 3.05) is 7.11 Å². The molecule has 7 heteroatoms. The molecule has 7 nitrogen and oxygen atoms in total. The summed E-state index contributed by atoms with van der Waals surface area (Å²) in [6, 6.07) is 6.50. The predicted molar refractivity (Wildman–Crippen MR) is 101 cm³/mol. The van der Waals surface area contributed by atoms with Crippen molar-refractivity contribution in [1.29, 1.82) is 0 Å². The molecule has 1 heterocycles. The summed E-state index contributed by atoms with van der Waals surface area (Å²) in [6.45, 7) is 3.89. The highest BCUT2D eigenvalue weighted by Crippen LogP contribution is 2.20. The Labute approximate surface area is 158 Å². The quantitative estimate of drug-likeness (QED) is 0.585. The molecule has 1 unspecified atom stereocenters. The minimum atomic E-state index is -1.12. The lowest BCUT2D eigenvalue weighted by atomic mass is 9.92. The number of hydrogen-bond acceptors (Lipinski definition) is 4. The van der Waals surface area contributed by atoms with Crippen LogP contribution in [0, 0.1) is 11.8 Å². The number of aromatic nitrogens is 1. The van der Waals surface area contributed by atoms with Gasteiger partial charge in [-0.3, -0.25) is 9.59 Å². The number of para-hydroxylation sites is 1. The topological polar surface area (TPSA) is 108 Å². The first-order valence-electron chi connectivity index (χ1n) is 8.96. The highest BCUT2D eigenvalue weighted by Gasteiger charge is 2.28. The lowest BCUT2D eigenvalue weighted by molar-refractivity contribution is -0.145. The molecule has 2 rings (SSSR count). The Morgan fingerprint density at radius 2 is 1.93 bits per heavy atom. The van der Waals surface area contributed by atoms with E-state index >= 15 is 0 Å². The largest absolute Gasteiger partial charge is 0.480 e. The number of carboxylic acid groups (broad SMARTS) is 1. The molecule has 0 aliphatic carbocycles. The summed E-state index contributed by atoms with van der Waals surface area (Å²) >= 11 is 0. The molecule has 3 N–H and O–H groups in total. The molecule has 1 aromatic carbocycles. The average molecular weight is 374 g/mol. The fraction of sp³-hybridized carbons (Fsp3) is 0.450. The van der Waals surface area contributed by atoms with Gasteiger partial charge in [-0.15, -0.1) is 0 Å². The molecule has 0 spiro atoms. The molecular weight excluding hydrogens is 348 g/mol. The first kappa shape index (κ1) is 20.5. The smallest absolute Gasteiger partial charge is 0.326 e. The summed E-state index contributed by atoms with van der Waals surface area (Å²) in [7, 11) is 1.27. The van der Waals surface area contributed by atoms with E-state index in [9.17, 15) is 19.5 Å². The van der Waals surface area contributed by atoms with E-state index < -0.39 is 29.8 Å². The van der Waals surface area contributed by atoms with Gasteiger partial charge in [0.2, 0.25) is 5.91 Å². The Bertz CT molecular complexity index is 812.